The van der Waals surface area contributed by atoms with Gasteiger partial charge in [-0.3, -0.25) is 0 Å². The quantitative estimate of drug-likeness (QED) is 0.113. The van der Waals surface area contributed by atoms with Gasteiger partial charge < -0.3 is 19.6 Å². The summed E-state index contributed by atoms with van der Waals surface area (Å²) in [5.74, 6) is 0. The molecule has 4 heteroatoms. The number of hydrogen-bond donors (Lipinski definition) is 0. The third-order valence-corrected chi connectivity index (χ3v) is 21.9. The SMILES string of the molecule is CC1(C)c2ccccc2-c2cc3c(cc21)N(c1ccc2cc4cc(N5c6ccccc6C(c6ccccc6)(c6ccc(N(c7ccccc7)c7ccccc7)cc6)c6ccccc65)ccc4cc2c1)c1ccccc1C3(c1ccccc1)c1ccc(N(c2ccccc2)c2ccccc2)cc1. The van der Waals surface area contributed by atoms with Crippen molar-refractivity contribution in [2.45, 2.75) is 30.1 Å². The Morgan fingerprint density at radius 3 is 0.931 bits per heavy atom. The number of nitrogens with zero attached hydrogens (tertiary/aromatic N) is 4. The van der Waals surface area contributed by atoms with Crippen LogP contribution in [-0.2, 0) is 16.2 Å². The summed E-state index contributed by atoms with van der Waals surface area (Å²) >= 11 is 0. The predicted octanol–water partition coefficient (Wildman–Crippen LogP) is 25.6. The summed E-state index contributed by atoms with van der Waals surface area (Å²) in [6.45, 7) is 4.80. The lowest BCUT2D eigenvalue weighted by Crippen LogP contribution is -2.38. The van der Waals surface area contributed by atoms with Crippen LogP contribution in [0.25, 0.3) is 32.7 Å². The maximum Gasteiger partial charge on any atom is 0.0742 e. The molecule has 0 spiro atoms. The van der Waals surface area contributed by atoms with Crippen LogP contribution in [0.4, 0.5) is 68.2 Å². The molecule has 2 heterocycles. The zero-order chi connectivity index (χ0) is 67.2. The van der Waals surface area contributed by atoms with E-state index in [0.29, 0.717) is 0 Å². The minimum absolute atomic E-state index is 0.245. The molecule has 19 rings (SSSR count). The first-order valence-electron chi connectivity index (χ1n) is 35.1. The molecule has 16 aromatic carbocycles. The van der Waals surface area contributed by atoms with Crippen LogP contribution < -0.4 is 19.6 Å². The first kappa shape index (κ1) is 59.5. The lowest BCUT2D eigenvalue weighted by molar-refractivity contribution is 0.658. The minimum atomic E-state index is -0.730. The Morgan fingerprint density at radius 2 is 0.525 bits per heavy atom. The number of rotatable bonds is 12. The van der Waals surface area contributed by atoms with Crippen molar-refractivity contribution in [1.29, 1.82) is 0 Å². The molecule has 101 heavy (non-hydrogen) atoms. The Labute approximate surface area is 590 Å². The second kappa shape index (κ2) is 23.8. The third-order valence-electron chi connectivity index (χ3n) is 21.9. The van der Waals surface area contributed by atoms with Crippen molar-refractivity contribution >= 4 is 89.8 Å². The second-order valence-electron chi connectivity index (χ2n) is 27.6. The molecule has 0 radical (unpaired) electrons. The Bertz CT molecular complexity index is 5680. The zero-order valence-corrected chi connectivity index (χ0v) is 56.2. The fourth-order valence-corrected chi connectivity index (χ4v) is 17.4. The topological polar surface area (TPSA) is 13.0 Å². The van der Waals surface area contributed by atoms with E-state index in [-0.39, 0.29) is 5.41 Å². The first-order chi connectivity index (χ1) is 49.8. The molecule has 478 valence electrons. The van der Waals surface area contributed by atoms with Gasteiger partial charge in [-0.05, 0) is 228 Å². The zero-order valence-electron chi connectivity index (χ0n) is 56.2. The molecule has 0 amide bonds. The van der Waals surface area contributed by atoms with Gasteiger partial charge in [0.25, 0.3) is 0 Å². The fraction of sp³-hybridized carbons (Fsp3) is 0.0515. The van der Waals surface area contributed by atoms with Crippen LogP contribution in [0.1, 0.15) is 69.5 Å². The van der Waals surface area contributed by atoms with Crippen LogP contribution in [-0.4, -0.2) is 0 Å². The number of benzene rings is 16. The minimum Gasteiger partial charge on any atom is -0.311 e. The van der Waals surface area contributed by atoms with Gasteiger partial charge in [0.1, 0.15) is 0 Å². The molecule has 0 fully saturated rings. The molecule has 2 aliphatic heterocycles. The summed E-state index contributed by atoms with van der Waals surface area (Å²) in [6.07, 6.45) is 0. The van der Waals surface area contributed by atoms with Gasteiger partial charge in [-0.2, -0.15) is 0 Å². The summed E-state index contributed by atoms with van der Waals surface area (Å²) in [5.41, 5.74) is 26.8. The molecular weight excluding hydrogens is 1220 g/mol. The van der Waals surface area contributed by atoms with Gasteiger partial charge in [-0.15, -0.1) is 0 Å². The van der Waals surface area contributed by atoms with Gasteiger partial charge in [-0.1, -0.05) is 263 Å². The number of para-hydroxylation sites is 7. The number of anilines is 12. The molecule has 0 aromatic heterocycles. The van der Waals surface area contributed by atoms with Gasteiger partial charge in [-0.25, -0.2) is 0 Å². The highest BCUT2D eigenvalue weighted by Gasteiger charge is 2.50. The van der Waals surface area contributed by atoms with Crippen molar-refractivity contribution in [3.05, 3.63) is 444 Å². The summed E-state index contributed by atoms with van der Waals surface area (Å²) in [5, 5.41) is 4.71. The van der Waals surface area contributed by atoms with Gasteiger partial charge in [0.2, 0.25) is 0 Å². The van der Waals surface area contributed by atoms with E-state index in [1.807, 2.05) is 0 Å². The second-order valence-corrected chi connectivity index (χ2v) is 27.6. The largest absolute Gasteiger partial charge is 0.311 e. The third kappa shape index (κ3) is 9.29. The Hall–Kier alpha value is -12.8. The van der Waals surface area contributed by atoms with E-state index >= 15 is 0 Å². The van der Waals surface area contributed by atoms with Crippen molar-refractivity contribution in [3.63, 3.8) is 0 Å². The molecule has 1 unspecified atom stereocenters. The fourth-order valence-electron chi connectivity index (χ4n) is 17.4. The summed E-state index contributed by atoms with van der Waals surface area (Å²) in [7, 11) is 0. The summed E-state index contributed by atoms with van der Waals surface area (Å²) in [4.78, 5) is 9.76. The van der Waals surface area contributed by atoms with Crippen molar-refractivity contribution < 1.29 is 0 Å². The molecule has 1 atom stereocenters. The van der Waals surface area contributed by atoms with E-state index in [1.165, 1.54) is 94.0 Å². The average molecular weight is 1290 g/mol. The van der Waals surface area contributed by atoms with Crippen molar-refractivity contribution in [2.75, 3.05) is 19.6 Å². The van der Waals surface area contributed by atoms with Gasteiger partial charge in [0, 0.05) is 50.9 Å². The highest BCUT2D eigenvalue weighted by atomic mass is 15.2. The highest BCUT2D eigenvalue weighted by molar-refractivity contribution is 6.04. The van der Waals surface area contributed by atoms with E-state index in [9.17, 15) is 0 Å². The molecular formula is C97H70N4. The molecule has 1 aliphatic carbocycles. The van der Waals surface area contributed by atoms with Gasteiger partial charge >= 0.3 is 0 Å². The van der Waals surface area contributed by atoms with Crippen LogP contribution in [0.2, 0.25) is 0 Å². The summed E-state index contributed by atoms with van der Waals surface area (Å²) < 4.78 is 0. The van der Waals surface area contributed by atoms with Gasteiger partial charge in [0.05, 0.1) is 33.6 Å². The number of hydrogen-bond acceptors (Lipinski definition) is 4. The Balaban J connectivity index is 0.744. The van der Waals surface area contributed by atoms with Crippen LogP contribution in [0.3, 0.4) is 0 Å². The normalized spacial score (nSPS) is 15.0. The Morgan fingerprint density at radius 1 is 0.208 bits per heavy atom. The molecule has 0 bridgehead atoms. The lowest BCUT2D eigenvalue weighted by atomic mass is 9.61. The van der Waals surface area contributed by atoms with Crippen molar-refractivity contribution in [2.24, 2.45) is 0 Å². The molecule has 0 saturated carbocycles. The maximum atomic E-state index is 2.57. The average Bonchev–Trinajstić information content (AvgIpc) is 1.66. The van der Waals surface area contributed by atoms with Crippen molar-refractivity contribution in [1.82, 2.24) is 0 Å². The first-order valence-corrected chi connectivity index (χ1v) is 35.1. The smallest absolute Gasteiger partial charge is 0.0742 e. The van der Waals surface area contributed by atoms with E-state index < -0.39 is 10.8 Å². The molecule has 0 saturated heterocycles. The van der Waals surface area contributed by atoms with E-state index in [1.54, 1.807) is 0 Å². The molecule has 4 nitrogen and oxygen atoms in total. The van der Waals surface area contributed by atoms with Gasteiger partial charge in [0.15, 0.2) is 0 Å². The highest BCUT2D eigenvalue weighted by Crippen LogP contribution is 2.63. The Kier molecular flexibility index (Phi) is 14.0. The maximum absolute atomic E-state index is 2.57. The number of fused-ring (bicyclic) bond motifs is 9. The standard InChI is InChI=1S/C97H70N4/c1-95(2)85-42-22-21-41-83(85)84-65-90-94(66-89(84)95)101(93-48-28-25-45-88(93)97(90,72-31-11-4-12-32-72)74-53-59-80(60-54-74)99(77-37-17-7-18-38-77)78-39-19-8-20-40-78)82-56-50-68-61-69-63-81(55-49-67(69)62-70(68)64-82)100-91-46-26-23-43-86(91)96(71-29-9-3-10-30-71,87-44-24-27-47-92(87)100)73-51-57-79(58-52-73)98(75-33-13-5-14-34-75)76-35-15-6-16-36-76/h3-66H,1-2H3. The van der Waals surface area contributed by atoms with Crippen LogP contribution >= 0.6 is 0 Å². The lowest BCUT2D eigenvalue weighted by Gasteiger charge is -2.47. The van der Waals surface area contributed by atoms with E-state index in [4.69, 9.17) is 0 Å². The molecule has 16 aromatic rings. The molecule has 0 N–H and O–H groups in total. The summed E-state index contributed by atoms with van der Waals surface area (Å²) in [6, 6.07) is 144. The van der Waals surface area contributed by atoms with E-state index in [0.717, 1.165) is 62.6 Å². The predicted molar refractivity (Wildman–Crippen MR) is 421 cm³/mol. The monoisotopic (exact) mass is 1290 g/mol. The molecule has 3 aliphatic rings. The van der Waals surface area contributed by atoms with Crippen LogP contribution in [0.5, 0.6) is 0 Å². The van der Waals surface area contributed by atoms with E-state index in [2.05, 4.69) is 422 Å². The van der Waals surface area contributed by atoms with Crippen molar-refractivity contribution in [3.8, 4) is 11.1 Å². The van der Waals surface area contributed by atoms with Crippen LogP contribution in [0.15, 0.2) is 388 Å². The van der Waals surface area contributed by atoms with Crippen LogP contribution in [0, 0.1) is 0 Å².